The SMILES string of the molecule is CN1CCN(C(=O)N(C)C2CCOCC2)CC1. The number of hydrogen-bond donors (Lipinski definition) is 0. The number of nitrogens with zero attached hydrogens (tertiary/aromatic N) is 3. The number of likely N-dealkylation sites (N-methyl/N-ethyl adjacent to an activating group) is 1. The van der Waals surface area contributed by atoms with Crippen molar-refractivity contribution < 1.29 is 9.53 Å². The summed E-state index contributed by atoms with van der Waals surface area (Å²) in [5, 5.41) is 0. The first-order chi connectivity index (χ1) is 8.18. The molecule has 0 spiro atoms. The maximum Gasteiger partial charge on any atom is 0.320 e. The third kappa shape index (κ3) is 3.10. The topological polar surface area (TPSA) is 36.0 Å². The highest BCUT2D eigenvalue weighted by atomic mass is 16.5. The van der Waals surface area contributed by atoms with Crippen LogP contribution in [0.5, 0.6) is 0 Å². The van der Waals surface area contributed by atoms with Crippen molar-refractivity contribution in [2.45, 2.75) is 18.9 Å². The summed E-state index contributed by atoms with van der Waals surface area (Å²) >= 11 is 0. The molecule has 98 valence electrons. The Hall–Kier alpha value is -0.810. The van der Waals surface area contributed by atoms with Gasteiger partial charge in [0.1, 0.15) is 0 Å². The summed E-state index contributed by atoms with van der Waals surface area (Å²) in [6, 6.07) is 0.543. The fourth-order valence-corrected chi connectivity index (χ4v) is 2.45. The Morgan fingerprint density at radius 2 is 1.76 bits per heavy atom. The largest absolute Gasteiger partial charge is 0.381 e. The molecule has 0 radical (unpaired) electrons. The molecule has 0 aliphatic carbocycles. The summed E-state index contributed by atoms with van der Waals surface area (Å²) < 4.78 is 5.33. The van der Waals surface area contributed by atoms with Gasteiger partial charge in [-0.25, -0.2) is 4.79 Å². The third-order valence-electron chi connectivity index (χ3n) is 3.81. The van der Waals surface area contributed by atoms with Gasteiger partial charge in [0.25, 0.3) is 0 Å². The van der Waals surface area contributed by atoms with Crippen molar-refractivity contribution in [2.75, 3.05) is 53.5 Å². The van der Waals surface area contributed by atoms with Crippen LogP contribution in [0.2, 0.25) is 0 Å². The molecule has 2 fully saturated rings. The Bertz CT molecular complexity index is 258. The summed E-state index contributed by atoms with van der Waals surface area (Å²) in [7, 11) is 4.03. The van der Waals surface area contributed by atoms with E-state index in [0.29, 0.717) is 6.04 Å². The molecule has 2 heterocycles. The monoisotopic (exact) mass is 241 g/mol. The molecule has 0 aromatic heterocycles. The zero-order valence-corrected chi connectivity index (χ0v) is 10.9. The molecule has 2 rings (SSSR count). The summed E-state index contributed by atoms with van der Waals surface area (Å²) in [6.45, 7) is 5.22. The first kappa shape index (κ1) is 12.6. The molecule has 0 aromatic carbocycles. The molecule has 0 aromatic rings. The van der Waals surface area contributed by atoms with Crippen molar-refractivity contribution in [1.82, 2.24) is 14.7 Å². The molecule has 2 aliphatic heterocycles. The van der Waals surface area contributed by atoms with E-state index in [1.165, 1.54) is 0 Å². The quantitative estimate of drug-likeness (QED) is 0.669. The summed E-state index contributed by atoms with van der Waals surface area (Å²) in [4.78, 5) is 18.4. The molecule has 5 heteroatoms. The number of piperazine rings is 1. The highest BCUT2D eigenvalue weighted by Crippen LogP contribution is 2.15. The van der Waals surface area contributed by atoms with Gasteiger partial charge in [0.2, 0.25) is 0 Å². The van der Waals surface area contributed by atoms with Crippen LogP contribution in [0.1, 0.15) is 12.8 Å². The number of amides is 2. The van der Waals surface area contributed by atoms with Crippen LogP contribution in [0, 0.1) is 0 Å². The minimum Gasteiger partial charge on any atom is -0.381 e. The molecule has 5 nitrogen and oxygen atoms in total. The van der Waals surface area contributed by atoms with Crippen molar-refractivity contribution in [3.05, 3.63) is 0 Å². The number of carbonyl (C=O) groups excluding carboxylic acids is 1. The molecule has 0 saturated carbocycles. The summed E-state index contributed by atoms with van der Waals surface area (Å²) in [5.74, 6) is 0. The Balaban J connectivity index is 1.85. The van der Waals surface area contributed by atoms with E-state index in [9.17, 15) is 4.79 Å². The second-order valence-electron chi connectivity index (χ2n) is 5.03. The van der Waals surface area contributed by atoms with Gasteiger partial charge < -0.3 is 19.4 Å². The number of rotatable bonds is 1. The molecule has 2 amide bonds. The molecule has 2 aliphatic rings. The Labute approximate surface area is 103 Å². The van der Waals surface area contributed by atoms with Crippen LogP contribution < -0.4 is 0 Å². The average Bonchev–Trinajstić information content (AvgIpc) is 2.39. The van der Waals surface area contributed by atoms with Crippen LogP contribution in [0.25, 0.3) is 0 Å². The van der Waals surface area contributed by atoms with Crippen molar-refractivity contribution in [1.29, 1.82) is 0 Å². The van der Waals surface area contributed by atoms with E-state index in [-0.39, 0.29) is 6.03 Å². The summed E-state index contributed by atoms with van der Waals surface area (Å²) in [5.41, 5.74) is 0. The van der Waals surface area contributed by atoms with Gasteiger partial charge in [-0.2, -0.15) is 0 Å². The molecule has 0 bridgehead atoms. The molecule has 0 unspecified atom stereocenters. The van der Waals surface area contributed by atoms with E-state index in [0.717, 1.165) is 52.2 Å². The van der Waals surface area contributed by atoms with Gasteiger partial charge in [0, 0.05) is 52.5 Å². The maximum atomic E-state index is 12.3. The van der Waals surface area contributed by atoms with Gasteiger partial charge in [-0.3, -0.25) is 0 Å². The highest BCUT2D eigenvalue weighted by Gasteiger charge is 2.27. The fraction of sp³-hybridized carbons (Fsp3) is 0.917. The Morgan fingerprint density at radius 1 is 1.18 bits per heavy atom. The number of hydrogen-bond acceptors (Lipinski definition) is 3. The normalized spacial score (nSPS) is 23.8. The number of carbonyl (C=O) groups is 1. The fourth-order valence-electron chi connectivity index (χ4n) is 2.45. The van der Waals surface area contributed by atoms with Crippen molar-refractivity contribution in [3.63, 3.8) is 0 Å². The van der Waals surface area contributed by atoms with Crippen molar-refractivity contribution in [3.8, 4) is 0 Å². The van der Waals surface area contributed by atoms with E-state index < -0.39 is 0 Å². The van der Waals surface area contributed by atoms with Gasteiger partial charge in [-0.05, 0) is 19.9 Å². The van der Waals surface area contributed by atoms with Gasteiger partial charge in [0.05, 0.1) is 0 Å². The molecular formula is C12H23N3O2. The molecule has 2 saturated heterocycles. The highest BCUT2D eigenvalue weighted by molar-refractivity contribution is 5.74. The van der Waals surface area contributed by atoms with Crippen molar-refractivity contribution >= 4 is 6.03 Å². The lowest BCUT2D eigenvalue weighted by molar-refractivity contribution is 0.0433. The lowest BCUT2D eigenvalue weighted by Crippen LogP contribution is -2.53. The van der Waals surface area contributed by atoms with Crippen LogP contribution in [0.4, 0.5) is 4.79 Å². The zero-order chi connectivity index (χ0) is 12.3. The second-order valence-corrected chi connectivity index (χ2v) is 5.03. The van der Waals surface area contributed by atoms with E-state index in [4.69, 9.17) is 4.74 Å². The summed E-state index contributed by atoms with van der Waals surface area (Å²) in [6.07, 6.45) is 1.94. The zero-order valence-electron chi connectivity index (χ0n) is 10.9. The van der Waals surface area contributed by atoms with Crippen LogP contribution in [-0.2, 0) is 4.74 Å². The average molecular weight is 241 g/mol. The standard InChI is InChI=1S/C12H23N3O2/c1-13-5-7-15(8-6-13)12(16)14(2)11-3-9-17-10-4-11/h11H,3-10H2,1-2H3. The van der Waals surface area contributed by atoms with Crippen LogP contribution in [0.3, 0.4) is 0 Å². The predicted octanol–water partition coefficient (Wildman–Crippen LogP) is 0.465. The lowest BCUT2D eigenvalue weighted by Gasteiger charge is -2.38. The smallest absolute Gasteiger partial charge is 0.320 e. The van der Waals surface area contributed by atoms with Crippen LogP contribution in [0.15, 0.2) is 0 Å². The molecule has 0 atom stereocenters. The van der Waals surface area contributed by atoms with Crippen LogP contribution in [-0.4, -0.2) is 80.3 Å². The van der Waals surface area contributed by atoms with Gasteiger partial charge in [0.15, 0.2) is 0 Å². The van der Waals surface area contributed by atoms with E-state index >= 15 is 0 Å². The third-order valence-corrected chi connectivity index (χ3v) is 3.81. The van der Waals surface area contributed by atoms with Gasteiger partial charge >= 0.3 is 6.03 Å². The van der Waals surface area contributed by atoms with Gasteiger partial charge in [-0.1, -0.05) is 0 Å². The minimum atomic E-state index is 0.185. The van der Waals surface area contributed by atoms with E-state index in [1.54, 1.807) is 0 Å². The second kappa shape index (κ2) is 5.69. The lowest BCUT2D eigenvalue weighted by atomic mass is 10.1. The van der Waals surface area contributed by atoms with Gasteiger partial charge in [-0.15, -0.1) is 0 Å². The predicted molar refractivity (Wildman–Crippen MR) is 66.1 cm³/mol. The molecule has 17 heavy (non-hydrogen) atoms. The van der Waals surface area contributed by atoms with Crippen molar-refractivity contribution in [2.24, 2.45) is 0 Å². The molecule has 0 N–H and O–H groups in total. The molecular weight excluding hydrogens is 218 g/mol. The first-order valence-corrected chi connectivity index (χ1v) is 6.46. The first-order valence-electron chi connectivity index (χ1n) is 6.46. The maximum absolute atomic E-state index is 12.3. The van der Waals surface area contributed by atoms with E-state index in [2.05, 4.69) is 11.9 Å². The number of ether oxygens (including phenoxy) is 1. The Morgan fingerprint density at radius 3 is 2.35 bits per heavy atom. The van der Waals surface area contributed by atoms with Crippen LogP contribution >= 0.6 is 0 Å². The minimum absolute atomic E-state index is 0.185. The van der Waals surface area contributed by atoms with E-state index in [1.807, 2.05) is 16.8 Å². The number of urea groups is 1. The Kier molecular flexibility index (Phi) is 4.23.